The highest BCUT2D eigenvalue weighted by Crippen LogP contribution is 2.49. The van der Waals surface area contributed by atoms with Crippen molar-refractivity contribution in [3.8, 4) is 11.5 Å². The molecule has 3 aromatic rings. The van der Waals surface area contributed by atoms with E-state index in [2.05, 4.69) is 69.7 Å². The summed E-state index contributed by atoms with van der Waals surface area (Å²) in [6, 6.07) is 18.9. The van der Waals surface area contributed by atoms with E-state index in [-0.39, 0.29) is 18.2 Å². The summed E-state index contributed by atoms with van der Waals surface area (Å²) in [4.78, 5) is 0. The summed E-state index contributed by atoms with van der Waals surface area (Å²) >= 11 is 5.95. The molecule has 3 nitrogen and oxygen atoms in total. The van der Waals surface area contributed by atoms with Crippen LogP contribution in [0.4, 0.5) is 4.39 Å². The van der Waals surface area contributed by atoms with Crippen LogP contribution >= 0.6 is 38.5 Å². The van der Waals surface area contributed by atoms with Crippen LogP contribution in [0.2, 0.25) is 0 Å². The van der Waals surface area contributed by atoms with Crippen LogP contribution in [0.15, 0.2) is 65.1 Å². The molecule has 2 aliphatic heterocycles. The number of fused-ring (bicyclic) bond motifs is 1. The largest absolute Gasteiger partial charge is 0.480 e. The topological polar surface area (TPSA) is 27.7 Å². The molecule has 0 saturated carbocycles. The van der Waals surface area contributed by atoms with Gasteiger partial charge >= 0.3 is 0 Å². The summed E-state index contributed by atoms with van der Waals surface area (Å²) in [6.45, 7) is 2.82. The smallest absolute Gasteiger partial charge is 0.199 e. The Balaban J connectivity index is 1.60. The van der Waals surface area contributed by atoms with Crippen LogP contribution in [-0.4, -0.2) is 12.9 Å². The molecule has 0 aliphatic carbocycles. The van der Waals surface area contributed by atoms with E-state index in [1.807, 2.05) is 24.3 Å². The van der Waals surface area contributed by atoms with Gasteiger partial charge in [0.1, 0.15) is 23.4 Å². The van der Waals surface area contributed by atoms with E-state index >= 15 is 0 Å². The lowest BCUT2D eigenvalue weighted by Gasteiger charge is -2.32. The van der Waals surface area contributed by atoms with Crippen LogP contribution in [0.25, 0.3) is 11.1 Å². The predicted octanol–water partition coefficient (Wildman–Crippen LogP) is 8.16. The normalized spacial score (nSPS) is 20.2. The minimum absolute atomic E-state index is 0.238. The van der Waals surface area contributed by atoms with E-state index in [0.717, 1.165) is 73.2 Å². The zero-order valence-electron chi connectivity index (χ0n) is 18.1. The summed E-state index contributed by atoms with van der Waals surface area (Å²) in [6.07, 6.45) is 2.51. The maximum atomic E-state index is 13.7. The van der Waals surface area contributed by atoms with Crippen molar-refractivity contribution >= 4 is 49.7 Å². The molecule has 170 valence electrons. The van der Waals surface area contributed by atoms with E-state index < -0.39 is 0 Å². The molecule has 0 amide bonds. The fourth-order valence-electron chi connectivity index (χ4n) is 4.36. The third-order valence-corrected chi connectivity index (χ3v) is 7.41. The van der Waals surface area contributed by atoms with Crippen LogP contribution in [0.1, 0.15) is 49.0 Å². The third kappa shape index (κ3) is 4.84. The van der Waals surface area contributed by atoms with Gasteiger partial charge in [-0.1, -0.05) is 24.3 Å². The van der Waals surface area contributed by atoms with Crippen LogP contribution in [0.3, 0.4) is 0 Å². The molecule has 2 atom stereocenters. The fourth-order valence-corrected chi connectivity index (χ4v) is 5.13. The first kappa shape index (κ1) is 22.9. The van der Waals surface area contributed by atoms with Gasteiger partial charge in [-0.3, -0.25) is 0 Å². The lowest BCUT2D eigenvalue weighted by atomic mass is 9.86. The van der Waals surface area contributed by atoms with Gasteiger partial charge in [-0.2, -0.15) is 0 Å². The number of hydrogen-bond acceptors (Lipinski definition) is 3. The summed E-state index contributed by atoms with van der Waals surface area (Å²) in [5.41, 5.74) is 5.04. The Morgan fingerprint density at radius 3 is 2.48 bits per heavy atom. The highest BCUT2D eigenvalue weighted by molar-refractivity contribution is 14.1. The molecular formula is C27H23BrFIO3. The Kier molecular flexibility index (Phi) is 6.77. The molecule has 0 aromatic heterocycles. The zero-order valence-corrected chi connectivity index (χ0v) is 21.9. The maximum Gasteiger partial charge on any atom is 0.199 e. The second-order valence-corrected chi connectivity index (χ2v) is 10.4. The first-order valence-corrected chi connectivity index (χ1v) is 12.9. The van der Waals surface area contributed by atoms with Gasteiger partial charge in [0.2, 0.25) is 0 Å². The number of benzene rings is 3. The summed E-state index contributed by atoms with van der Waals surface area (Å²) in [5, 5.41) is 0. The summed E-state index contributed by atoms with van der Waals surface area (Å²) in [7, 11) is 0. The first-order valence-electron chi connectivity index (χ1n) is 11.0. The van der Waals surface area contributed by atoms with Crippen LogP contribution in [-0.2, 0) is 4.74 Å². The van der Waals surface area contributed by atoms with Gasteiger partial charge in [0.05, 0.1) is 11.1 Å². The Morgan fingerprint density at radius 1 is 1.03 bits per heavy atom. The van der Waals surface area contributed by atoms with E-state index in [4.69, 9.17) is 14.2 Å². The molecule has 0 radical (unpaired) electrons. The molecule has 5 rings (SSSR count). The number of hydrogen-bond donors (Lipinski definition) is 0. The Bertz CT molecular complexity index is 1190. The molecule has 0 N–H and O–H groups in total. The van der Waals surface area contributed by atoms with Crippen molar-refractivity contribution in [3.05, 3.63) is 91.2 Å². The van der Waals surface area contributed by atoms with Gasteiger partial charge in [0.25, 0.3) is 0 Å². The van der Waals surface area contributed by atoms with Gasteiger partial charge in [-0.05, 0) is 111 Å². The highest BCUT2D eigenvalue weighted by Gasteiger charge is 2.31. The minimum atomic E-state index is -0.305. The number of allylic oxidation sites excluding steroid dienone is 1. The lowest BCUT2D eigenvalue weighted by molar-refractivity contribution is -0.106. The molecule has 2 heterocycles. The monoisotopic (exact) mass is 620 g/mol. The third-order valence-electron chi connectivity index (χ3n) is 6.07. The minimum Gasteiger partial charge on any atom is -0.480 e. The van der Waals surface area contributed by atoms with Gasteiger partial charge in [-0.15, -0.1) is 0 Å². The van der Waals surface area contributed by atoms with Crippen LogP contribution < -0.4 is 9.47 Å². The fraction of sp³-hybridized carbons (Fsp3) is 0.259. The molecular weight excluding hydrogens is 598 g/mol. The van der Waals surface area contributed by atoms with Crippen molar-refractivity contribution in [2.45, 2.75) is 38.6 Å². The molecule has 1 saturated heterocycles. The van der Waals surface area contributed by atoms with E-state index in [0.29, 0.717) is 0 Å². The molecule has 6 heteroatoms. The molecule has 2 aliphatic rings. The number of halogens is 3. The van der Waals surface area contributed by atoms with Crippen LogP contribution in [0, 0.1) is 9.39 Å². The lowest BCUT2D eigenvalue weighted by Crippen LogP contribution is -2.25. The SMILES string of the molecule is CC1=C(c2ccc(F)cc2)C(c2ccc(I)cc2)Oc2cc(Br)c(OC3CCCCO3)cc21. The predicted molar refractivity (Wildman–Crippen MR) is 140 cm³/mol. The van der Waals surface area contributed by atoms with Crippen molar-refractivity contribution < 1.29 is 18.6 Å². The number of ether oxygens (including phenoxy) is 3. The Hall–Kier alpha value is -1.90. The van der Waals surface area contributed by atoms with Crippen molar-refractivity contribution in [1.82, 2.24) is 0 Å². The van der Waals surface area contributed by atoms with Gasteiger partial charge in [0.15, 0.2) is 6.29 Å². The van der Waals surface area contributed by atoms with Crippen LogP contribution in [0.5, 0.6) is 11.5 Å². The second-order valence-electron chi connectivity index (χ2n) is 8.29. The molecule has 2 unspecified atom stereocenters. The summed E-state index contributed by atoms with van der Waals surface area (Å²) in [5.74, 6) is 1.26. The quantitative estimate of drug-likeness (QED) is 0.275. The van der Waals surface area contributed by atoms with Crippen molar-refractivity contribution in [2.24, 2.45) is 0 Å². The van der Waals surface area contributed by atoms with E-state index in [1.165, 1.54) is 12.1 Å². The highest BCUT2D eigenvalue weighted by atomic mass is 127. The van der Waals surface area contributed by atoms with Crippen molar-refractivity contribution in [1.29, 1.82) is 0 Å². The maximum absolute atomic E-state index is 13.7. The second kappa shape index (κ2) is 9.76. The summed E-state index contributed by atoms with van der Waals surface area (Å²) < 4.78 is 34.2. The molecule has 0 bridgehead atoms. The van der Waals surface area contributed by atoms with Gasteiger partial charge in [-0.25, -0.2) is 4.39 Å². The average molecular weight is 621 g/mol. The Morgan fingerprint density at radius 2 is 1.79 bits per heavy atom. The van der Waals surface area contributed by atoms with E-state index in [9.17, 15) is 4.39 Å². The molecule has 33 heavy (non-hydrogen) atoms. The zero-order chi connectivity index (χ0) is 22.9. The molecule has 0 spiro atoms. The van der Waals surface area contributed by atoms with Gasteiger partial charge in [0, 0.05) is 21.1 Å². The standard InChI is InChI=1S/C27H23BrFIO3/c1-16-21-14-24(32-25-4-2-3-13-31-25)22(28)15-23(21)33-27(18-7-11-20(30)12-8-18)26(16)17-5-9-19(29)10-6-17/h5-12,14-15,25,27H,2-4,13H2,1H3. The number of rotatable bonds is 4. The Labute approximate surface area is 215 Å². The van der Waals surface area contributed by atoms with Gasteiger partial charge < -0.3 is 14.2 Å². The molecule has 1 fully saturated rings. The first-order chi connectivity index (χ1) is 16.0. The molecule has 3 aromatic carbocycles. The van der Waals surface area contributed by atoms with E-state index in [1.54, 1.807) is 0 Å². The average Bonchev–Trinajstić information content (AvgIpc) is 2.82. The van der Waals surface area contributed by atoms with Crippen molar-refractivity contribution in [2.75, 3.05) is 6.61 Å². The van der Waals surface area contributed by atoms with Crippen molar-refractivity contribution in [3.63, 3.8) is 0 Å².